The number of rotatable bonds is 3. The molecule has 0 saturated carbocycles. The number of aliphatic hydroxyl groups is 1. The highest BCUT2D eigenvalue weighted by molar-refractivity contribution is 5.23. The molecule has 0 aromatic heterocycles. The smallest absolute Gasteiger partial charge is 0.118 e. The topological polar surface area (TPSA) is 32.8 Å². The lowest BCUT2D eigenvalue weighted by Gasteiger charge is -2.07. The van der Waals surface area contributed by atoms with Crippen molar-refractivity contribution >= 4 is 0 Å². The summed E-state index contributed by atoms with van der Waals surface area (Å²) in [6.07, 6.45) is 0.823. The molecule has 0 radical (unpaired) electrons. The number of hydrogen-bond acceptors (Lipinski definition) is 2. The van der Waals surface area contributed by atoms with E-state index < -0.39 is 0 Å². The van der Waals surface area contributed by atoms with Crippen molar-refractivity contribution in [1.82, 2.24) is 0 Å². The Morgan fingerprint density at radius 2 is 2.00 bits per heavy atom. The molecule has 0 unspecified atom stereocenters. The van der Waals surface area contributed by atoms with Gasteiger partial charge in [0.15, 0.2) is 0 Å². The molecule has 1 N–H and O–H groups in total. The lowest BCUT2D eigenvalue weighted by molar-refractivity contribution is 0.171. The second-order valence-corrected chi connectivity index (χ2v) is 3.79. The highest BCUT2D eigenvalue weighted by atomic mass is 16.6. The Bertz CT molecular complexity index is 285. The third kappa shape index (κ3) is 1.90. The predicted octanol–water partition coefficient (Wildman–Crippen LogP) is 1.30. The van der Waals surface area contributed by atoms with Crippen molar-refractivity contribution in [3.63, 3.8) is 0 Å². The second kappa shape index (κ2) is 3.13. The van der Waals surface area contributed by atoms with Crippen molar-refractivity contribution in [2.45, 2.75) is 18.9 Å². The summed E-state index contributed by atoms with van der Waals surface area (Å²) in [7, 11) is 0. The van der Waals surface area contributed by atoms with Crippen molar-refractivity contribution in [3.8, 4) is 0 Å². The van der Waals surface area contributed by atoms with Gasteiger partial charge in [-0.15, -0.1) is 0 Å². The van der Waals surface area contributed by atoms with Gasteiger partial charge < -0.3 is 9.84 Å². The average Bonchev–Trinajstić information content (AvgIpc) is 2.90. The summed E-state index contributed by atoms with van der Waals surface area (Å²) in [4.78, 5) is 0. The SMILES string of the molecule is Cc1ccc(C[C@@]2(CO)CO2)cc1. The molecule has 1 heterocycles. The fourth-order valence-corrected chi connectivity index (χ4v) is 1.43. The molecule has 1 aliphatic rings. The number of ether oxygens (including phenoxy) is 1. The van der Waals surface area contributed by atoms with Gasteiger partial charge >= 0.3 is 0 Å². The Hall–Kier alpha value is -0.860. The first-order chi connectivity index (χ1) is 6.24. The van der Waals surface area contributed by atoms with Gasteiger partial charge in [-0.2, -0.15) is 0 Å². The van der Waals surface area contributed by atoms with Gasteiger partial charge in [-0.1, -0.05) is 29.8 Å². The molecule has 13 heavy (non-hydrogen) atoms. The summed E-state index contributed by atoms with van der Waals surface area (Å²) in [5.41, 5.74) is 2.24. The number of hydrogen-bond donors (Lipinski definition) is 1. The van der Waals surface area contributed by atoms with E-state index in [1.807, 2.05) is 0 Å². The van der Waals surface area contributed by atoms with E-state index in [-0.39, 0.29) is 12.2 Å². The molecule has 1 saturated heterocycles. The zero-order valence-corrected chi connectivity index (χ0v) is 7.79. The van der Waals surface area contributed by atoms with Crippen molar-refractivity contribution in [2.24, 2.45) is 0 Å². The van der Waals surface area contributed by atoms with E-state index in [9.17, 15) is 0 Å². The molecule has 2 rings (SSSR count). The number of aryl methyl sites for hydroxylation is 1. The minimum Gasteiger partial charge on any atom is -0.393 e. The summed E-state index contributed by atoms with van der Waals surface area (Å²) in [5.74, 6) is 0. The van der Waals surface area contributed by atoms with E-state index in [2.05, 4.69) is 31.2 Å². The summed E-state index contributed by atoms with van der Waals surface area (Å²) >= 11 is 0. The van der Waals surface area contributed by atoms with Crippen LogP contribution in [0.5, 0.6) is 0 Å². The minimum absolute atomic E-state index is 0.126. The Morgan fingerprint density at radius 3 is 2.46 bits per heavy atom. The second-order valence-electron chi connectivity index (χ2n) is 3.79. The van der Waals surface area contributed by atoms with Crippen molar-refractivity contribution in [2.75, 3.05) is 13.2 Å². The fourth-order valence-electron chi connectivity index (χ4n) is 1.43. The van der Waals surface area contributed by atoms with Crippen molar-refractivity contribution in [3.05, 3.63) is 35.4 Å². The third-order valence-corrected chi connectivity index (χ3v) is 2.49. The largest absolute Gasteiger partial charge is 0.393 e. The normalized spacial score (nSPS) is 26.0. The molecule has 1 aromatic rings. The molecule has 2 nitrogen and oxygen atoms in total. The van der Waals surface area contributed by atoms with Crippen LogP contribution in [0, 0.1) is 6.92 Å². The number of epoxide rings is 1. The molecule has 1 fully saturated rings. The van der Waals surface area contributed by atoms with E-state index in [1.165, 1.54) is 11.1 Å². The zero-order chi connectivity index (χ0) is 9.31. The Balaban J connectivity index is 2.06. The summed E-state index contributed by atoms with van der Waals surface area (Å²) in [6.45, 7) is 2.89. The Morgan fingerprint density at radius 1 is 1.38 bits per heavy atom. The van der Waals surface area contributed by atoms with Crippen molar-refractivity contribution in [1.29, 1.82) is 0 Å². The van der Waals surface area contributed by atoms with Gasteiger partial charge in [0, 0.05) is 6.42 Å². The number of benzene rings is 1. The predicted molar refractivity (Wildman–Crippen MR) is 50.7 cm³/mol. The van der Waals surface area contributed by atoms with Crippen LogP contribution < -0.4 is 0 Å². The van der Waals surface area contributed by atoms with E-state index in [0.29, 0.717) is 6.61 Å². The summed E-state index contributed by atoms with van der Waals surface area (Å²) < 4.78 is 5.23. The molecule has 1 aliphatic heterocycles. The first kappa shape index (κ1) is 8.73. The molecule has 0 bridgehead atoms. The van der Waals surface area contributed by atoms with Crippen LogP contribution in [0.2, 0.25) is 0 Å². The van der Waals surface area contributed by atoms with Crippen LogP contribution >= 0.6 is 0 Å². The standard InChI is InChI=1S/C11H14O2/c1-9-2-4-10(5-3-9)6-11(7-12)8-13-11/h2-5,12H,6-8H2,1H3/t11-/m1/s1. The highest BCUT2D eigenvalue weighted by Gasteiger charge is 2.43. The summed E-state index contributed by atoms with van der Waals surface area (Å²) in [6, 6.07) is 8.36. The molecule has 0 aliphatic carbocycles. The maximum atomic E-state index is 9.05. The van der Waals surface area contributed by atoms with Crippen LogP contribution in [-0.4, -0.2) is 23.9 Å². The highest BCUT2D eigenvalue weighted by Crippen LogP contribution is 2.30. The summed E-state index contributed by atoms with van der Waals surface area (Å²) in [5, 5.41) is 9.05. The van der Waals surface area contributed by atoms with Crippen LogP contribution in [0.1, 0.15) is 11.1 Å². The Kier molecular flexibility index (Phi) is 2.10. The number of aliphatic hydroxyl groups excluding tert-OH is 1. The quantitative estimate of drug-likeness (QED) is 0.708. The van der Waals surface area contributed by atoms with Crippen LogP contribution in [0.15, 0.2) is 24.3 Å². The minimum atomic E-state index is -0.255. The van der Waals surface area contributed by atoms with E-state index in [4.69, 9.17) is 9.84 Å². The fraction of sp³-hybridized carbons (Fsp3) is 0.455. The van der Waals surface area contributed by atoms with Gasteiger partial charge in [0.25, 0.3) is 0 Å². The van der Waals surface area contributed by atoms with E-state index in [0.717, 1.165) is 6.42 Å². The van der Waals surface area contributed by atoms with Crippen LogP contribution in [0.4, 0.5) is 0 Å². The van der Waals surface area contributed by atoms with Gasteiger partial charge in [-0.05, 0) is 12.5 Å². The lowest BCUT2D eigenvalue weighted by atomic mass is 10.0. The van der Waals surface area contributed by atoms with Gasteiger partial charge in [0.1, 0.15) is 5.60 Å². The molecular weight excluding hydrogens is 164 g/mol. The van der Waals surface area contributed by atoms with Gasteiger partial charge in [-0.25, -0.2) is 0 Å². The first-order valence-corrected chi connectivity index (χ1v) is 4.54. The molecule has 1 atom stereocenters. The molecule has 1 aromatic carbocycles. The molecule has 0 spiro atoms. The van der Waals surface area contributed by atoms with E-state index >= 15 is 0 Å². The van der Waals surface area contributed by atoms with E-state index in [1.54, 1.807) is 0 Å². The maximum absolute atomic E-state index is 9.05. The van der Waals surface area contributed by atoms with Crippen molar-refractivity contribution < 1.29 is 9.84 Å². The monoisotopic (exact) mass is 178 g/mol. The Labute approximate surface area is 78.2 Å². The third-order valence-electron chi connectivity index (χ3n) is 2.49. The molecular formula is C11H14O2. The average molecular weight is 178 g/mol. The molecule has 70 valence electrons. The maximum Gasteiger partial charge on any atom is 0.118 e. The first-order valence-electron chi connectivity index (χ1n) is 4.54. The van der Waals surface area contributed by atoms with Crippen LogP contribution in [0.25, 0.3) is 0 Å². The lowest BCUT2D eigenvalue weighted by Crippen LogP contribution is -2.19. The molecule has 2 heteroatoms. The molecule has 0 amide bonds. The van der Waals surface area contributed by atoms with Gasteiger partial charge in [0.2, 0.25) is 0 Å². The van der Waals surface area contributed by atoms with Gasteiger partial charge in [-0.3, -0.25) is 0 Å². The van der Waals surface area contributed by atoms with Crippen LogP contribution in [0.3, 0.4) is 0 Å². The zero-order valence-electron chi connectivity index (χ0n) is 7.79. The van der Waals surface area contributed by atoms with Crippen LogP contribution in [-0.2, 0) is 11.2 Å². The van der Waals surface area contributed by atoms with Gasteiger partial charge in [0.05, 0.1) is 13.2 Å².